The number of ether oxygens (including phenoxy) is 1. The van der Waals surface area contributed by atoms with Crippen LogP contribution >= 0.6 is 0 Å². The summed E-state index contributed by atoms with van der Waals surface area (Å²) in [7, 11) is 0. The molecule has 3 aliphatic rings. The molecule has 1 aromatic carbocycles. The summed E-state index contributed by atoms with van der Waals surface area (Å²) in [4.78, 5) is 43.3. The third-order valence-electron chi connectivity index (χ3n) is 6.09. The van der Waals surface area contributed by atoms with Crippen molar-refractivity contribution in [2.45, 2.75) is 25.2 Å². The predicted molar refractivity (Wildman–Crippen MR) is 113 cm³/mol. The fourth-order valence-electron chi connectivity index (χ4n) is 4.75. The molecule has 5 rings (SSSR count). The number of nitrogens with one attached hydrogen (secondary N) is 2. The minimum absolute atomic E-state index is 0.124. The Hall–Kier alpha value is -3.52. The van der Waals surface area contributed by atoms with Crippen molar-refractivity contribution in [3.63, 3.8) is 0 Å². The van der Waals surface area contributed by atoms with Crippen molar-refractivity contribution in [2.75, 3.05) is 16.8 Å². The summed E-state index contributed by atoms with van der Waals surface area (Å²) in [5.74, 6) is -1.61. The van der Waals surface area contributed by atoms with Crippen LogP contribution in [0.1, 0.15) is 12.5 Å². The van der Waals surface area contributed by atoms with E-state index in [9.17, 15) is 14.4 Å². The van der Waals surface area contributed by atoms with Gasteiger partial charge in [-0.3, -0.25) is 19.4 Å². The van der Waals surface area contributed by atoms with Gasteiger partial charge in [-0.05, 0) is 35.9 Å². The SMILES string of the molecule is CC(=O)Nc1ccc(N2C[C@@]34C=C[C@@H](O3)[C@@H](C(=O)NCc3cccnc3)[C@H]4C2=O)cc1. The first kappa shape index (κ1) is 19.4. The average Bonchev–Trinajstić information content (AvgIpc) is 3.41. The summed E-state index contributed by atoms with van der Waals surface area (Å²) in [6.45, 7) is 2.15. The van der Waals surface area contributed by atoms with Gasteiger partial charge in [0.1, 0.15) is 5.60 Å². The lowest BCUT2D eigenvalue weighted by atomic mass is 9.77. The number of amides is 3. The molecule has 1 spiro atoms. The number of carbonyl (C=O) groups excluding carboxylic acids is 3. The molecule has 158 valence electrons. The van der Waals surface area contributed by atoms with E-state index in [0.717, 1.165) is 5.56 Å². The quantitative estimate of drug-likeness (QED) is 0.719. The van der Waals surface area contributed by atoms with Crippen LogP contribution in [-0.2, 0) is 25.7 Å². The number of rotatable bonds is 5. The molecule has 8 nitrogen and oxygen atoms in total. The fraction of sp³-hybridized carbons (Fsp3) is 0.304. The van der Waals surface area contributed by atoms with E-state index in [2.05, 4.69) is 15.6 Å². The number of hydrogen-bond donors (Lipinski definition) is 2. The predicted octanol–water partition coefficient (Wildman–Crippen LogP) is 1.64. The van der Waals surface area contributed by atoms with E-state index >= 15 is 0 Å². The Morgan fingerprint density at radius 2 is 2.06 bits per heavy atom. The van der Waals surface area contributed by atoms with Crippen molar-refractivity contribution in [3.8, 4) is 0 Å². The third kappa shape index (κ3) is 3.29. The van der Waals surface area contributed by atoms with Crippen molar-refractivity contribution in [2.24, 2.45) is 11.8 Å². The second-order valence-corrected chi connectivity index (χ2v) is 8.13. The highest BCUT2D eigenvalue weighted by atomic mass is 16.5. The highest BCUT2D eigenvalue weighted by Crippen LogP contribution is 2.52. The normalized spacial score (nSPS) is 28.0. The van der Waals surface area contributed by atoms with E-state index in [-0.39, 0.29) is 17.7 Å². The van der Waals surface area contributed by atoms with Gasteiger partial charge in [-0.1, -0.05) is 18.2 Å². The van der Waals surface area contributed by atoms with Crippen LogP contribution in [0, 0.1) is 11.8 Å². The Kier molecular flexibility index (Phi) is 4.59. The van der Waals surface area contributed by atoms with E-state index < -0.39 is 23.5 Å². The molecule has 2 bridgehead atoms. The summed E-state index contributed by atoms with van der Waals surface area (Å²) in [6.07, 6.45) is 6.80. The summed E-state index contributed by atoms with van der Waals surface area (Å²) in [6, 6.07) is 10.8. The zero-order valence-corrected chi connectivity index (χ0v) is 16.9. The Labute approximate surface area is 179 Å². The molecular formula is C23H22N4O4. The van der Waals surface area contributed by atoms with Crippen molar-refractivity contribution in [3.05, 3.63) is 66.5 Å². The molecule has 3 aliphatic heterocycles. The van der Waals surface area contributed by atoms with E-state index in [1.807, 2.05) is 24.3 Å². The molecule has 0 saturated carbocycles. The van der Waals surface area contributed by atoms with Crippen molar-refractivity contribution in [1.82, 2.24) is 10.3 Å². The molecule has 1 aromatic heterocycles. The molecule has 4 atom stereocenters. The van der Waals surface area contributed by atoms with Crippen molar-refractivity contribution < 1.29 is 19.1 Å². The number of fused-ring (bicyclic) bond motifs is 1. The van der Waals surface area contributed by atoms with E-state index in [0.29, 0.717) is 24.5 Å². The van der Waals surface area contributed by atoms with Gasteiger partial charge in [-0.25, -0.2) is 0 Å². The molecule has 0 radical (unpaired) electrons. The molecule has 31 heavy (non-hydrogen) atoms. The Morgan fingerprint density at radius 1 is 1.26 bits per heavy atom. The maximum Gasteiger partial charge on any atom is 0.234 e. The minimum atomic E-state index is -0.783. The molecule has 2 saturated heterocycles. The Balaban J connectivity index is 1.34. The molecule has 8 heteroatoms. The third-order valence-corrected chi connectivity index (χ3v) is 6.09. The largest absolute Gasteiger partial charge is 0.360 e. The van der Waals surface area contributed by atoms with Crippen molar-refractivity contribution >= 4 is 29.1 Å². The summed E-state index contributed by atoms with van der Waals surface area (Å²) in [5, 5.41) is 5.64. The zero-order chi connectivity index (χ0) is 21.6. The molecule has 0 unspecified atom stereocenters. The number of hydrogen-bond acceptors (Lipinski definition) is 5. The van der Waals surface area contributed by atoms with Crippen LogP contribution in [0.15, 0.2) is 60.9 Å². The number of benzene rings is 1. The van der Waals surface area contributed by atoms with Crippen LogP contribution in [0.2, 0.25) is 0 Å². The number of anilines is 2. The summed E-state index contributed by atoms with van der Waals surface area (Å²) >= 11 is 0. The van der Waals surface area contributed by atoms with Crippen LogP contribution < -0.4 is 15.5 Å². The van der Waals surface area contributed by atoms with E-state index in [1.54, 1.807) is 41.6 Å². The number of pyridine rings is 1. The van der Waals surface area contributed by atoms with Crippen molar-refractivity contribution in [1.29, 1.82) is 0 Å². The second-order valence-electron chi connectivity index (χ2n) is 8.13. The van der Waals surface area contributed by atoms with Gasteiger partial charge in [-0.2, -0.15) is 0 Å². The highest BCUT2D eigenvalue weighted by Gasteiger charge is 2.67. The lowest BCUT2D eigenvalue weighted by Crippen LogP contribution is -2.44. The van der Waals surface area contributed by atoms with Crippen LogP contribution in [-0.4, -0.2) is 41.0 Å². The van der Waals surface area contributed by atoms with Crippen LogP contribution in [0.25, 0.3) is 0 Å². The lowest BCUT2D eigenvalue weighted by Gasteiger charge is -2.23. The molecule has 0 aliphatic carbocycles. The molecular weight excluding hydrogens is 396 g/mol. The summed E-state index contributed by atoms with van der Waals surface area (Å²) in [5.41, 5.74) is 1.47. The zero-order valence-electron chi connectivity index (χ0n) is 16.9. The standard InChI is InChI=1S/C23H22N4O4/c1-14(28)26-16-4-6-17(7-5-16)27-13-23-9-8-18(31-23)19(20(23)22(27)30)21(29)25-12-15-3-2-10-24-11-15/h2-11,18-20H,12-13H2,1H3,(H,25,29)(H,26,28)/t18-,19-,20+,23-/m1/s1. The van der Waals surface area contributed by atoms with Gasteiger partial charge in [0.05, 0.1) is 24.5 Å². The Morgan fingerprint density at radius 3 is 2.77 bits per heavy atom. The van der Waals surface area contributed by atoms with Crippen LogP contribution in [0.5, 0.6) is 0 Å². The number of aromatic nitrogens is 1. The van der Waals surface area contributed by atoms with Gasteiger partial charge in [0.25, 0.3) is 0 Å². The highest BCUT2D eigenvalue weighted by molar-refractivity contribution is 6.03. The van der Waals surface area contributed by atoms with Crippen LogP contribution in [0.4, 0.5) is 11.4 Å². The van der Waals surface area contributed by atoms with E-state index in [1.165, 1.54) is 6.92 Å². The smallest absolute Gasteiger partial charge is 0.234 e. The van der Waals surface area contributed by atoms with Crippen LogP contribution in [0.3, 0.4) is 0 Å². The van der Waals surface area contributed by atoms with E-state index in [4.69, 9.17) is 4.74 Å². The maximum absolute atomic E-state index is 13.4. The number of carbonyl (C=O) groups is 3. The molecule has 3 amide bonds. The van der Waals surface area contributed by atoms with Gasteiger partial charge in [0.2, 0.25) is 17.7 Å². The average molecular weight is 418 g/mol. The van der Waals surface area contributed by atoms with Gasteiger partial charge >= 0.3 is 0 Å². The monoisotopic (exact) mass is 418 g/mol. The lowest BCUT2D eigenvalue weighted by molar-refractivity contribution is -0.132. The van der Waals surface area contributed by atoms with Gasteiger partial charge in [0.15, 0.2) is 0 Å². The molecule has 2 fully saturated rings. The first-order chi connectivity index (χ1) is 15.0. The summed E-state index contributed by atoms with van der Waals surface area (Å²) < 4.78 is 6.16. The Bertz CT molecular complexity index is 1070. The molecule has 4 heterocycles. The first-order valence-corrected chi connectivity index (χ1v) is 10.2. The molecule has 2 aromatic rings. The van der Waals surface area contributed by atoms with Gasteiger partial charge in [-0.15, -0.1) is 0 Å². The fourth-order valence-corrected chi connectivity index (χ4v) is 4.75. The second kappa shape index (κ2) is 7.31. The number of nitrogens with zero attached hydrogens (tertiary/aromatic N) is 2. The molecule has 2 N–H and O–H groups in total. The van der Waals surface area contributed by atoms with Gasteiger partial charge in [0, 0.05) is 37.2 Å². The maximum atomic E-state index is 13.4. The first-order valence-electron chi connectivity index (χ1n) is 10.2. The topological polar surface area (TPSA) is 101 Å². The minimum Gasteiger partial charge on any atom is -0.360 e. The van der Waals surface area contributed by atoms with Gasteiger partial charge < -0.3 is 20.3 Å².